The van der Waals surface area contributed by atoms with Crippen LogP contribution in [0, 0.1) is 11.7 Å². The second kappa shape index (κ2) is 14.5. The number of fused-ring (bicyclic) bond motifs is 1. The first kappa shape index (κ1) is 32.5. The summed E-state index contributed by atoms with van der Waals surface area (Å²) in [5, 5.41) is 14.3. The lowest BCUT2D eigenvalue weighted by Crippen LogP contribution is -2.35. The molecule has 45 heavy (non-hydrogen) atoms. The second-order valence-corrected chi connectivity index (χ2v) is 11.6. The first-order chi connectivity index (χ1) is 21.7. The number of amides is 1. The highest BCUT2D eigenvalue weighted by atomic mass is 35.5. The van der Waals surface area contributed by atoms with Crippen LogP contribution in [-0.4, -0.2) is 62.1 Å². The standard InChI is InChI=1S/C34H38ClFN2O7/c1-4-20-13-24(35)14-21(5-2)31(20)37-29(39)18-38-17-26(23-15-27(36)33-28(16-23)44-19-45-33)30(34(40)41)32(38)22-7-9-25(10-8-22)43-12-6-11-42-3/h7-10,13-16,26,30,32H,4-6,11-12,17-19H2,1-3H3,(H,37,39)(H,40,41)/t26-,30?,32+/m1/s1. The summed E-state index contributed by atoms with van der Waals surface area (Å²) >= 11 is 6.33. The Morgan fingerprint density at radius 3 is 2.40 bits per heavy atom. The molecule has 0 saturated carbocycles. The van der Waals surface area contributed by atoms with Gasteiger partial charge in [-0.25, -0.2) is 4.39 Å². The van der Waals surface area contributed by atoms with E-state index in [1.54, 1.807) is 25.3 Å². The number of aliphatic carboxylic acids is 1. The topological polar surface area (TPSA) is 107 Å². The van der Waals surface area contributed by atoms with Gasteiger partial charge in [0, 0.05) is 49.4 Å². The molecule has 3 atom stereocenters. The lowest BCUT2D eigenvalue weighted by atomic mass is 9.82. The molecule has 0 radical (unpaired) electrons. The highest BCUT2D eigenvalue weighted by Crippen LogP contribution is 2.48. The number of nitrogens with zero attached hydrogens (tertiary/aromatic N) is 1. The SMILES string of the molecule is CCc1cc(Cl)cc(CC)c1NC(=O)CN1C[C@H](c2cc(F)c3c(c2)OCO3)C(C(=O)O)[C@@H]1c1ccc(OCCCOC)cc1. The summed E-state index contributed by atoms with van der Waals surface area (Å²) in [5.41, 5.74) is 3.74. The Balaban J connectivity index is 1.47. The molecule has 1 fully saturated rings. The number of methoxy groups -OCH3 is 1. The van der Waals surface area contributed by atoms with Crippen LogP contribution in [0.4, 0.5) is 10.1 Å². The monoisotopic (exact) mass is 640 g/mol. The molecule has 0 aliphatic carbocycles. The number of aryl methyl sites for hydroxylation is 2. The van der Waals surface area contributed by atoms with Crippen molar-refractivity contribution in [3.8, 4) is 17.2 Å². The Bertz CT molecular complexity index is 1510. The van der Waals surface area contributed by atoms with Crippen molar-refractivity contribution in [2.45, 2.75) is 45.1 Å². The Hall–Kier alpha value is -3.86. The third kappa shape index (κ3) is 7.19. The van der Waals surface area contributed by atoms with Crippen molar-refractivity contribution in [2.75, 3.05) is 45.5 Å². The minimum atomic E-state index is -1.05. The molecular weight excluding hydrogens is 603 g/mol. The molecule has 2 aliphatic heterocycles. The minimum Gasteiger partial charge on any atom is -0.494 e. The normalized spacial score (nSPS) is 19.1. The molecule has 0 spiro atoms. The number of nitrogens with one attached hydrogen (secondary N) is 1. The van der Waals surface area contributed by atoms with E-state index in [2.05, 4.69) is 5.32 Å². The number of hydrogen-bond acceptors (Lipinski definition) is 7. The summed E-state index contributed by atoms with van der Waals surface area (Å²) in [6.45, 7) is 5.05. The fraction of sp³-hybridized carbons (Fsp3) is 0.412. The van der Waals surface area contributed by atoms with Gasteiger partial charge in [-0.05, 0) is 71.5 Å². The largest absolute Gasteiger partial charge is 0.494 e. The van der Waals surface area contributed by atoms with E-state index in [0.29, 0.717) is 48.0 Å². The summed E-state index contributed by atoms with van der Waals surface area (Å²) in [5.74, 6) is -2.69. The quantitative estimate of drug-likeness (QED) is 0.212. The van der Waals surface area contributed by atoms with Gasteiger partial charge in [0.2, 0.25) is 18.4 Å². The van der Waals surface area contributed by atoms with Gasteiger partial charge in [0.1, 0.15) is 5.75 Å². The molecule has 240 valence electrons. The van der Waals surface area contributed by atoms with E-state index in [-0.39, 0.29) is 37.3 Å². The van der Waals surface area contributed by atoms with Crippen molar-refractivity contribution >= 4 is 29.2 Å². The third-order valence-electron chi connectivity index (χ3n) is 8.38. The number of benzene rings is 3. The van der Waals surface area contributed by atoms with Crippen LogP contribution in [-0.2, 0) is 27.2 Å². The zero-order valence-electron chi connectivity index (χ0n) is 25.6. The Morgan fingerprint density at radius 1 is 1.04 bits per heavy atom. The van der Waals surface area contributed by atoms with Gasteiger partial charge in [0.15, 0.2) is 11.6 Å². The van der Waals surface area contributed by atoms with Crippen LogP contribution in [0.2, 0.25) is 5.02 Å². The van der Waals surface area contributed by atoms with Crippen molar-refractivity contribution in [3.05, 3.63) is 81.6 Å². The van der Waals surface area contributed by atoms with Gasteiger partial charge in [-0.1, -0.05) is 37.6 Å². The molecule has 5 rings (SSSR count). The highest BCUT2D eigenvalue weighted by Gasteiger charge is 2.48. The summed E-state index contributed by atoms with van der Waals surface area (Å²) in [6, 6.07) is 13.2. The number of ether oxygens (including phenoxy) is 4. The number of hydrogen-bond donors (Lipinski definition) is 2. The molecule has 3 aromatic rings. The Kier molecular flexibility index (Phi) is 10.5. The Morgan fingerprint density at radius 2 is 1.76 bits per heavy atom. The van der Waals surface area contributed by atoms with Crippen molar-refractivity contribution in [2.24, 2.45) is 5.92 Å². The van der Waals surface area contributed by atoms with E-state index >= 15 is 4.39 Å². The van der Waals surface area contributed by atoms with Gasteiger partial charge in [-0.3, -0.25) is 14.5 Å². The van der Waals surface area contributed by atoms with E-state index < -0.39 is 29.7 Å². The van der Waals surface area contributed by atoms with E-state index in [1.165, 1.54) is 6.07 Å². The maximum absolute atomic E-state index is 15.0. The summed E-state index contributed by atoms with van der Waals surface area (Å²) in [4.78, 5) is 28.5. The second-order valence-electron chi connectivity index (χ2n) is 11.2. The zero-order valence-corrected chi connectivity index (χ0v) is 26.4. The van der Waals surface area contributed by atoms with Gasteiger partial charge in [-0.2, -0.15) is 0 Å². The van der Waals surface area contributed by atoms with Gasteiger partial charge in [-0.15, -0.1) is 0 Å². The van der Waals surface area contributed by atoms with Crippen LogP contribution in [0.1, 0.15) is 54.5 Å². The lowest BCUT2D eigenvalue weighted by Gasteiger charge is -2.27. The van der Waals surface area contributed by atoms with E-state index in [1.807, 2.05) is 43.0 Å². The zero-order chi connectivity index (χ0) is 32.1. The number of carboxylic acids is 1. The van der Waals surface area contributed by atoms with Gasteiger partial charge < -0.3 is 29.4 Å². The van der Waals surface area contributed by atoms with E-state index in [4.69, 9.17) is 30.5 Å². The van der Waals surface area contributed by atoms with Gasteiger partial charge >= 0.3 is 5.97 Å². The van der Waals surface area contributed by atoms with Crippen LogP contribution in [0.15, 0.2) is 48.5 Å². The highest BCUT2D eigenvalue weighted by molar-refractivity contribution is 6.30. The number of rotatable bonds is 13. The summed E-state index contributed by atoms with van der Waals surface area (Å²) in [6.07, 6.45) is 2.08. The van der Waals surface area contributed by atoms with E-state index in [9.17, 15) is 14.7 Å². The molecule has 0 bridgehead atoms. The van der Waals surface area contributed by atoms with Gasteiger partial charge in [0.25, 0.3) is 0 Å². The van der Waals surface area contributed by atoms with Crippen LogP contribution < -0.4 is 19.5 Å². The maximum atomic E-state index is 15.0. The first-order valence-electron chi connectivity index (χ1n) is 15.1. The number of carbonyl (C=O) groups excluding carboxylic acids is 1. The lowest BCUT2D eigenvalue weighted by molar-refractivity contribution is -0.143. The molecule has 1 saturated heterocycles. The number of carbonyl (C=O) groups is 2. The predicted octanol–water partition coefficient (Wildman–Crippen LogP) is 6.23. The summed E-state index contributed by atoms with van der Waals surface area (Å²) < 4.78 is 36.6. The van der Waals surface area contributed by atoms with Crippen molar-refractivity contribution in [1.29, 1.82) is 0 Å². The molecule has 2 aliphatic rings. The molecule has 3 aromatic carbocycles. The molecule has 11 heteroatoms. The van der Waals surface area contributed by atoms with Crippen molar-refractivity contribution in [1.82, 2.24) is 4.90 Å². The van der Waals surface area contributed by atoms with Crippen molar-refractivity contribution < 1.29 is 38.0 Å². The number of halogens is 2. The number of carboxylic acid groups (broad SMARTS) is 1. The predicted molar refractivity (Wildman–Crippen MR) is 168 cm³/mol. The van der Waals surface area contributed by atoms with E-state index in [0.717, 1.165) is 23.2 Å². The number of likely N-dealkylation sites (tertiary alicyclic amines) is 1. The van der Waals surface area contributed by atoms with Crippen LogP contribution in [0.5, 0.6) is 17.2 Å². The number of anilines is 1. The van der Waals surface area contributed by atoms with Crippen molar-refractivity contribution in [3.63, 3.8) is 0 Å². The molecule has 2 heterocycles. The Labute approximate surface area is 267 Å². The average Bonchev–Trinajstić information content (AvgIpc) is 3.66. The molecule has 1 amide bonds. The fourth-order valence-corrected chi connectivity index (χ4v) is 6.55. The third-order valence-corrected chi connectivity index (χ3v) is 8.60. The molecular formula is C34H38ClFN2O7. The maximum Gasteiger partial charge on any atom is 0.309 e. The molecule has 2 N–H and O–H groups in total. The fourth-order valence-electron chi connectivity index (χ4n) is 6.29. The first-order valence-corrected chi connectivity index (χ1v) is 15.5. The average molecular weight is 641 g/mol. The minimum absolute atomic E-state index is 0.0129. The molecule has 1 unspecified atom stereocenters. The molecule has 0 aromatic heterocycles. The molecule has 9 nitrogen and oxygen atoms in total. The van der Waals surface area contributed by atoms with Crippen LogP contribution in [0.3, 0.4) is 0 Å². The van der Waals surface area contributed by atoms with Crippen LogP contribution >= 0.6 is 11.6 Å². The van der Waals surface area contributed by atoms with Gasteiger partial charge in [0.05, 0.1) is 19.1 Å². The smallest absolute Gasteiger partial charge is 0.309 e. The van der Waals surface area contributed by atoms with Crippen LogP contribution in [0.25, 0.3) is 0 Å². The summed E-state index contributed by atoms with van der Waals surface area (Å²) in [7, 11) is 1.63.